The molecule has 0 spiro atoms. The average Bonchev–Trinajstić information content (AvgIpc) is 3.44. The van der Waals surface area contributed by atoms with Gasteiger partial charge in [-0.15, -0.1) is 0 Å². The van der Waals surface area contributed by atoms with E-state index in [1.807, 2.05) is 6.92 Å². The number of aromatic nitrogens is 1. The van der Waals surface area contributed by atoms with Gasteiger partial charge in [0.1, 0.15) is 17.5 Å². The lowest BCUT2D eigenvalue weighted by Crippen LogP contribution is -2.41. The topological polar surface area (TPSA) is 54.1 Å². The van der Waals surface area contributed by atoms with E-state index in [0.717, 1.165) is 24.5 Å². The molecule has 2 aliphatic rings. The summed E-state index contributed by atoms with van der Waals surface area (Å²) in [7, 11) is 0. The largest absolute Gasteiger partial charge is 0.381 e. The van der Waals surface area contributed by atoms with E-state index >= 15 is 0 Å². The number of H-pyrrole nitrogens is 1. The van der Waals surface area contributed by atoms with E-state index in [4.69, 9.17) is 4.74 Å². The number of amides is 1. The Balaban J connectivity index is 1.35. The van der Waals surface area contributed by atoms with Crippen LogP contribution in [0.5, 0.6) is 0 Å². The van der Waals surface area contributed by atoms with Crippen LogP contribution in [0.1, 0.15) is 44.1 Å². The van der Waals surface area contributed by atoms with Crippen LogP contribution in [-0.4, -0.2) is 30.6 Å². The molecule has 0 atom stereocenters. The molecule has 4 nitrogen and oxygen atoms in total. The maximum atomic E-state index is 14.5. The molecule has 33 heavy (non-hydrogen) atoms. The first kappa shape index (κ1) is 22.0. The molecule has 2 aliphatic carbocycles. The van der Waals surface area contributed by atoms with Gasteiger partial charge in [-0.05, 0) is 80.0 Å². The van der Waals surface area contributed by atoms with Gasteiger partial charge >= 0.3 is 0 Å². The van der Waals surface area contributed by atoms with Crippen molar-refractivity contribution in [1.82, 2.24) is 10.3 Å². The minimum Gasteiger partial charge on any atom is -0.381 e. The van der Waals surface area contributed by atoms with Crippen molar-refractivity contribution in [3.8, 4) is 11.3 Å². The fraction of sp³-hybridized carbons (Fsp3) is 0.423. The molecular weight excluding hydrogens is 429 g/mol. The van der Waals surface area contributed by atoms with Gasteiger partial charge in [0.15, 0.2) is 0 Å². The second-order valence-electron chi connectivity index (χ2n) is 9.45. The predicted molar refractivity (Wildman–Crippen MR) is 120 cm³/mol. The standard InChI is InChI=1S/C26H27F3N2O2/c1-2-33-14-26(7-8-26)13-30-25(32)17-9-16(10-17)22-20-11-19(28)12-21(29)24(20)31-23(22)15-3-5-18(27)6-4-15/h3-6,11-12,16-17,31H,2,7-10,13-14H2,1H3,(H,30,32)/t16-,17-. The molecule has 0 radical (unpaired) electrons. The fourth-order valence-electron chi connectivity index (χ4n) is 4.86. The lowest BCUT2D eigenvalue weighted by atomic mass is 9.70. The van der Waals surface area contributed by atoms with Crippen LogP contribution in [0.3, 0.4) is 0 Å². The van der Waals surface area contributed by atoms with Crippen LogP contribution in [-0.2, 0) is 9.53 Å². The Bertz CT molecular complexity index is 1180. The van der Waals surface area contributed by atoms with Crippen molar-refractivity contribution in [3.63, 3.8) is 0 Å². The molecule has 0 aliphatic heterocycles. The summed E-state index contributed by atoms with van der Waals surface area (Å²) in [6.07, 6.45) is 3.33. The number of fused-ring (bicyclic) bond motifs is 1. The second-order valence-corrected chi connectivity index (χ2v) is 9.45. The zero-order valence-electron chi connectivity index (χ0n) is 18.5. The van der Waals surface area contributed by atoms with Gasteiger partial charge in [0.05, 0.1) is 17.8 Å². The molecule has 174 valence electrons. The number of nitrogens with one attached hydrogen (secondary N) is 2. The molecule has 5 rings (SSSR count). The Kier molecular flexibility index (Phi) is 5.69. The van der Waals surface area contributed by atoms with E-state index < -0.39 is 11.6 Å². The number of halogens is 3. The second kappa shape index (κ2) is 8.52. The summed E-state index contributed by atoms with van der Waals surface area (Å²) in [6.45, 7) is 3.93. The van der Waals surface area contributed by atoms with E-state index in [1.165, 1.54) is 18.2 Å². The SMILES string of the molecule is CCOCC1(CNC(=O)[C@H]2C[C@H](c3c(-c4ccc(F)cc4)[nH]c4c(F)cc(F)cc43)C2)CC1. The maximum absolute atomic E-state index is 14.5. The van der Waals surface area contributed by atoms with Gasteiger partial charge in [0, 0.05) is 35.9 Å². The summed E-state index contributed by atoms with van der Waals surface area (Å²) in [5, 5.41) is 3.56. The number of carbonyl (C=O) groups is 1. The minimum atomic E-state index is -0.669. The average molecular weight is 457 g/mol. The van der Waals surface area contributed by atoms with Crippen molar-refractivity contribution >= 4 is 16.8 Å². The van der Waals surface area contributed by atoms with Crippen LogP contribution in [0.15, 0.2) is 36.4 Å². The van der Waals surface area contributed by atoms with Crippen molar-refractivity contribution in [2.24, 2.45) is 11.3 Å². The minimum absolute atomic E-state index is 0.0194. The Hall–Kier alpha value is -2.80. The summed E-state index contributed by atoms with van der Waals surface area (Å²) in [4.78, 5) is 15.8. The lowest BCUT2D eigenvalue weighted by molar-refractivity contribution is -0.128. The normalized spacial score (nSPS) is 21.1. The number of ether oxygens (including phenoxy) is 1. The summed E-state index contributed by atoms with van der Waals surface area (Å²) in [5.41, 5.74) is 2.43. The van der Waals surface area contributed by atoms with Gasteiger partial charge in [-0.2, -0.15) is 0 Å². The van der Waals surface area contributed by atoms with Gasteiger partial charge in [-0.3, -0.25) is 4.79 Å². The summed E-state index contributed by atoms with van der Waals surface area (Å²) in [5.74, 6) is -1.82. The van der Waals surface area contributed by atoms with Crippen LogP contribution in [0.4, 0.5) is 13.2 Å². The fourth-order valence-corrected chi connectivity index (χ4v) is 4.86. The number of hydrogen-bond acceptors (Lipinski definition) is 2. The highest BCUT2D eigenvalue weighted by atomic mass is 19.1. The molecule has 0 bridgehead atoms. The molecule has 1 aromatic heterocycles. The molecule has 2 saturated carbocycles. The van der Waals surface area contributed by atoms with E-state index in [-0.39, 0.29) is 34.5 Å². The molecular formula is C26H27F3N2O2. The third kappa shape index (κ3) is 4.26. The number of rotatable bonds is 8. The molecule has 7 heteroatoms. The van der Waals surface area contributed by atoms with Gasteiger partial charge in [-0.25, -0.2) is 13.2 Å². The monoisotopic (exact) mass is 456 g/mol. The highest BCUT2D eigenvalue weighted by Gasteiger charge is 2.44. The maximum Gasteiger partial charge on any atom is 0.223 e. The molecule has 0 unspecified atom stereocenters. The summed E-state index contributed by atoms with van der Waals surface area (Å²) >= 11 is 0. The third-order valence-electron chi connectivity index (χ3n) is 7.12. The zero-order valence-corrected chi connectivity index (χ0v) is 18.5. The first-order valence-corrected chi connectivity index (χ1v) is 11.5. The van der Waals surface area contributed by atoms with Gasteiger partial charge in [0.2, 0.25) is 5.91 Å². The lowest BCUT2D eigenvalue weighted by Gasteiger charge is -2.35. The van der Waals surface area contributed by atoms with Gasteiger partial charge in [0.25, 0.3) is 0 Å². The third-order valence-corrected chi connectivity index (χ3v) is 7.12. The van der Waals surface area contributed by atoms with Gasteiger partial charge < -0.3 is 15.0 Å². The smallest absolute Gasteiger partial charge is 0.223 e. The van der Waals surface area contributed by atoms with Crippen molar-refractivity contribution < 1.29 is 22.7 Å². The van der Waals surface area contributed by atoms with E-state index in [9.17, 15) is 18.0 Å². The van der Waals surface area contributed by atoms with Crippen molar-refractivity contribution in [2.45, 2.75) is 38.5 Å². The summed E-state index contributed by atoms with van der Waals surface area (Å²) < 4.78 is 47.6. The molecule has 0 saturated heterocycles. The Labute approximate surface area is 190 Å². The molecule has 3 aromatic rings. The van der Waals surface area contributed by atoms with E-state index in [0.29, 0.717) is 49.2 Å². The molecule has 2 N–H and O–H groups in total. The molecule has 2 aromatic carbocycles. The van der Waals surface area contributed by atoms with Crippen LogP contribution in [0.25, 0.3) is 22.2 Å². The van der Waals surface area contributed by atoms with Crippen LogP contribution in [0.2, 0.25) is 0 Å². The highest BCUT2D eigenvalue weighted by Crippen LogP contribution is 2.49. The molecule has 2 fully saturated rings. The number of benzene rings is 2. The van der Waals surface area contributed by atoms with Crippen molar-refractivity contribution in [2.75, 3.05) is 19.8 Å². The Morgan fingerprint density at radius 1 is 1.12 bits per heavy atom. The first-order chi connectivity index (χ1) is 15.9. The quantitative estimate of drug-likeness (QED) is 0.458. The van der Waals surface area contributed by atoms with Crippen molar-refractivity contribution in [1.29, 1.82) is 0 Å². The summed E-state index contributed by atoms with van der Waals surface area (Å²) in [6, 6.07) is 8.10. The van der Waals surface area contributed by atoms with Crippen LogP contribution in [0, 0.1) is 28.8 Å². The number of carbonyl (C=O) groups excluding carboxylic acids is 1. The number of aromatic amines is 1. The zero-order chi connectivity index (χ0) is 23.2. The van der Waals surface area contributed by atoms with Crippen molar-refractivity contribution in [3.05, 3.63) is 59.4 Å². The molecule has 1 heterocycles. The Morgan fingerprint density at radius 2 is 1.85 bits per heavy atom. The predicted octanol–water partition coefficient (Wildman–Crippen LogP) is 5.68. The first-order valence-electron chi connectivity index (χ1n) is 11.5. The van der Waals surface area contributed by atoms with E-state index in [2.05, 4.69) is 10.3 Å². The van der Waals surface area contributed by atoms with Gasteiger partial charge in [-0.1, -0.05) is 0 Å². The highest BCUT2D eigenvalue weighted by molar-refractivity contribution is 5.92. The molecule has 1 amide bonds. The number of hydrogen-bond donors (Lipinski definition) is 2. The van der Waals surface area contributed by atoms with Crippen LogP contribution >= 0.6 is 0 Å². The van der Waals surface area contributed by atoms with E-state index in [1.54, 1.807) is 12.1 Å². The Morgan fingerprint density at radius 3 is 2.52 bits per heavy atom. The van der Waals surface area contributed by atoms with Crippen LogP contribution < -0.4 is 5.32 Å².